The number of rotatable bonds is 7. The van der Waals surface area contributed by atoms with Crippen molar-refractivity contribution in [2.45, 2.75) is 49.5 Å². The molecule has 2 aliphatic rings. The van der Waals surface area contributed by atoms with E-state index < -0.39 is 72.6 Å². The molecule has 0 aliphatic carbocycles. The van der Waals surface area contributed by atoms with Gasteiger partial charge in [0.25, 0.3) is 5.91 Å². The zero-order valence-corrected chi connectivity index (χ0v) is 23.0. The number of nitrogens with zero attached hydrogens (tertiary/aromatic N) is 5. The maximum atomic E-state index is 14.3. The van der Waals surface area contributed by atoms with Crippen LogP contribution in [-0.2, 0) is 19.0 Å². The van der Waals surface area contributed by atoms with Crippen LogP contribution < -0.4 is 4.90 Å². The first-order chi connectivity index (χ1) is 20.6. The molecule has 228 valence electrons. The first-order valence-corrected chi connectivity index (χ1v) is 13.2. The van der Waals surface area contributed by atoms with Crippen LogP contribution in [0.25, 0.3) is 11.3 Å². The number of benzene rings is 2. The van der Waals surface area contributed by atoms with Crippen LogP contribution in [0.3, 0.4) is 0 Å². The number of anilines is 1. The summed E-state index contributed by atoms with van der Waals surface area (Å²) >= 11 is 0. The van der Waals surface area contributed by atoms with E-state index in [0.717, 1.165) is 16.8 Å². The van der Waals surface area contributed by atoms with Crippen LogP contribution >= 0.6 is 0 Å². The van der Waals surface area contributed by atoms with E-state index in [1.165, 1.54) is 24.3 Å². The Kier molecular flexibility index (Phi) is 8.79. The van der Waals surface area contributed by atoms with E-state index in [4.69, 9.17) is 14.2 Å². The first-order valence-electron chi connectivity index (χ1n) is 13.2. The predicted molar refractivity (Wildman–Crippen MR) is 141 cm³/mol. The fourth-order valence-corrected chi connectivity index (χ4v) is 5.48. The first kappa shape index (κ1) is 30.5. The van der Waals surface area contributed by atoms with E-state index in [2.05, 4.69) is 10.3 Å². The summed E-state index contributed by atoms with van der Waals surface area (Å²) in [5.74, 6) is -5.26. The number of hydrogen-bond acceptors (Lipinski definition) is 10. The van der Waals surface area contributed by atoms with Crippen molar-refractivity contribution in [1.29, 1.82) is 5.26 Å². The van der Waals surface area contributed by atoms with Gasteiger partial charge < -0.3 is 34.4 Å². The summed E-state index contributed by atoms with van der Waals surface area (Å²) in [6.45, 7) is 0.947. The van der Waals surface area contributed by atoms with Crippen molar-refractivity contribution in [3.05, 3.63) is 65.1 Å². The van der Waals surface area contributed by atoms with Crippen molar-refractivity contribution < 1.29 is 47.5 Å². The maximum absolute atomic E-state index is 14.3. The molecule has 5 rings (SSSR count). The summed E-state index contributed by atoms with van der Waals surface area (Å²) in [7, 11) is 1.26. The number of nitriles is 1. The van der Waals surface area contributed by atoms with Gasteiger partial charge in [-0.3, -0.25) is 4.79 Å². The Morgan fingerprint density at radius 3 is 2.51 bits per heavy atom. The molecule has 0 saturated carbocycles. The fraction of sp³-hybridized carbons (Fsp3) is 0.429. The Morgan fingerprint density at radius 1 is 1.19 bits per heavy atom. The number of aromatic nitrogens is 3. The second-order valence-corrected chi connectivity index (χ2v) is 10.3. The van der Waals surface area contributed by atoms with Crippen LogP contribution in [0.15, 0.2) is 36.5 Å². The molecule has 2 aromatic carbocycles. The lowest BCUT2D eigenvalue weighted by atomic mass is 9.91. The molecule has 15 heteroatoms. The van der Waals surface area contributed by atoms with Crippen LogP contribution in [0.2, 0.25) is 0 Å². The van der Waals surface area contributed by atoms with Gasteiger partial charge in [-0.25, -0.2) is 17.9 Å². The van der Waals surface area contributed by atoms with E-state index in [0.29, 0.717) is 5.56 Å². The van der Waals surface area contributed by atoms with Gasteiger partial charge in [0.2, 0.25) is 0 Å². The smallest absolute Gasteiger partial charge is 0.259 e. The molecule has 2 aliphatic heterocycles. The molecule has 3 N–H and O–H groups in total. The lowest BCUT2D eigenvalue weighted by Gasteiger charge is -2.45. The van der Waals surface area contributed by atoms with Crippen LogP contribution in [-0.4, -0.2) is 99.7 Å². The van der Waals surface area contributed by atoms with Crippen LogP contribution in [0.1, 0.15) is 17.2 Å². The quantitative estimate of drug-likeness (QED) is 0.332. The number of aliphatic hydroxyl groups excluding tert-OH is 3. The highest BCUT2D eigenvalue weighted by Gasteiger charge is 2.52. The minimum atomic E-state index is -1.65. The molecular weight excluding hydrogens is 575 g/mol. The molecule has 5 unspecified atom stereocenters. The summed E-state index contributed by atoms with van der Waals surface area (Å²) < 4.78 is 59.3. The van der Waals surface area contributed by atoms with E-state index >= 15 is 0 Å². The van der Waals surface area contributed by atoms with Gasteiger partial charge >= 0.3 is 0 Å². The molecule has 1 aromatic heterocycles. The Balaban J connectivity index is 1.55. The Morgan fingerprint density at radius 2 is 1.91 bits per heavy atom. The highest BCUT2D eigenvalue weighted by molar-refractivity contribution is 5.98. The van der Waals surface area contributed by atoms with E-state index in [9.17, 15) is 38.5 Å². The number of amides is 1. The van der Waals surface area contributed by atoms with Gasteiger partial charge in [0.05, 0.1) is 43.7 Å². The largest absolute Gasteiger partial charge is 0.394 e. The third-order valence-corrected chi connectivity index (χ3v) is 7.54. The molecule has 2 fully saturated rings. The summed E-state index contributed by atoms with van der Waals surface area (Å²) in [4.78, 5) is 15.6. The van der Waals surface area contributed by atoms with Crippen LogP contribution in [0.5, 0.6) is 0 Å². The monoisotopic (exact) mass is 603 g/mol. The number of carbonyl (C=O) groups excluding carboxylic acids is 1. The number of halogens is 3. The number of aryl methyl sites for hydroxylation is 1. The molecule has 2 saturated heterocycles. The number of methoxy groups -OCH3 is 1. The van der Waals surface area contributed by atoms with Crippen molar-refractivity contribution in [3.63, 3.8) is 0 Å². The molecule has 43 heavy (non-hydrogen) atoms. The minimum absolute atomic E-state index is 0.0280. The minimum Gasteiger partial charge on any atom is -0.394 e. The summed E-state index contributed by atoms with van der Waals surface area (Å²) in [5, 5.41) is 49.3. The summed E-state index contributed by atoms with van der Waals surface area (Å²) in [6.07, 6.45) is -5.46. The molecule has 3 heterocycles. The van der Waals surface area contributed by atoms with E-state index in [1.54, 1.807) is 19.1 Å². The van der Waals surface area contributed by atoms with Gasteiger partial charge in [0, 0.05) is 18.4 Å². The zero-order valence-electron chi connectivity index (χ0n) is 23.0. The molecule has 0 radical (unpaired) electrons. The Labute approximate surface area is 243 Å². The van der Waals surface area contributed by atoms with Crippen molar-refractivity contribution >= 4 is 11.6 Å². The molecule has 1 amide bonds. The van der Waals surface area contributed by atoms with Crippen LogP contribution in [0, 0.1) is 35.7 Å². The lowest BCUT2D eigenvalue weighted by molar-refractivity contribution is -0.211. The van der Waals surface area contributed by atoms with Gasteiger partial charge in [-0.05, 0) is 42.8 Å². The topological polar surface area (TPSA) is 163 Å². The number of hydrogen-bond donors (Lipinski definition) is 3. The fourth-order valence-electron chi connectivity index (χ4n) is 5.48. The highest BCUT2D eigenvalue weighted by atomic mass is 19.2. The molecule has 12 nitrogen and oxygen atoms in total. The zero-order chi connectivity index (χ0) is 31.0. The maximum Gasteiger partial charge on any atom is 0.259 e. The van der Waals surface area contributed by atoms with Crippen molar-refractivity contribution in [3.8, 4) is 17.3 Å². The van der Waals surface area contributed by atoms with E-state index in [-0.39, 0.29) is 35.7 Å². The van der Waals surface area contributed by atoms with E-state index in [1.807, 2.05) is 6.07 Å². The second kappa shape index (κ2) is 12.4. The van der Waals surface area contributed by atoms with Crippen molar-refractivity contribution in [2.24, 2.45) is 0 Å². The predicted octanol–water partition coefficient (Wildman–Crippen LogP) is 1.01. The SMILES string of the molecule is COC1C(C(=O)N(c2cc(C)cc(C#N)c2)[C@H]2COC[C@@H]2O)OC(CO)C(O)C1n1cc(-c2cc(F)c(F)c(F)c2)nn1. The summed E-state index contributed by atoms with van der Waals surface area (Å²) in [5.41, 5.74) is 0.990. The van der Waals surface area contributed by atoms with Gasteiger partial charge in [-0.1, -0.05) is 5.21 Å². The Bertz CT molecular complexity index is 1530. The third-order valence-electron chi connectivity index (χ3n) is 7.54. The highest BCUT2D eigenvalue weighted by Crippen LogP contribution is 2.36. The van der Waals surface area contributed by atoms with Gasteiger partial charge in [-0.15, -0.1) is 5.10 Å². The molecule has 3 aromatic rings. The lowest BCUT2D eigenvalue weighted by Crippen LogP contribution is -2.63. The number of carbonyl (C=O) groups is 1. The molecule has 0 spiro atoms. The standard InChI is InChI=1S/C28H28F3N5O7/c1-13-3-14(8-32)5-16(4-13)36(20-11-42-12-21(20)38)28(40)27-26(41-2)24(25(39)22(10-37)43-27)35-9-19(33-34-35)15-6-17(29)23(31)18(30)7-15/h3-7,9,20-22,24-27,37-39H,10-12H2,1-2H3/t20-,21-,22?,24?,25?,26?,27?/m0/s1. The van der Waals surface area contributed by atoms with Crippen LogP contribution in [0.4, 0.5) is 18.9 Å². The molecule has 7 atom stereocenters. The average molecular weight is 604 g/mol. The van der Waals surface area contributed by atoms with Gasteiger partial charge in [-0.2, -0.15) is 5.26 Å². The van der Waals surface area contributed by atoms with Gasteiger partial charge in [0.1, 0.15) is 36.2 Å². The number of aliphatic hydroxyl groups is 3. The van der Waals surface area contributed by atoms with Crippen molar-refractivity contribution in [2.75, 3.05) is 31.8 Å². The average Bonchev–Trinajstić information content (AvgIpc) is 3.64. The second-order valence-electron chi connectivity index (χ2n) is 10.3. The Hall–Kier alpha value is -3.91. The molecule has 0 bridgehead atoms. The third kappa shape index (κ3) is 5.73. The van der Waals surface area contributed by atoms with Crippen molar-refractivity contribution in [1.82, 2.24) is 15.0 Å². The number of ether oxygens (including phenoxy) is 3. The summed E-state index contributed by atoms with van der Waals surface area (Å²) in [6, 6.07) is 6.15. The molecular formula is C28H28F3N5O7. The van der Waals surface area contributed by atoms with Gasteiger partial charge in [0.15, 0.2) is 23.6 Å². The normalized spacial score (nSPS) is 27.2.